The van der Waals surface area contributed by atoms with Gasteiger partial charge in [0.05, 0.1) is 32.0 Å². The van der Waals surface area contributed by atoms with Crippen molar-refractivity contribution in [3.05, 3.63) is 0 Å². The van der Waals surface area contributed by atoms with Crippen LogP contribution in [0.25, 0.3) is 0 Å². The zero-order valence-corrected chi connectivity index (χ0v) is 11.9. The molecule has 0 aromatic rings. The fourth-order valence-electron chi connectivity index (χ4n) is 2.77. The van der Waals surface area contributed by atoms with E-state index in [0.29, 0.717) is 12.6 Å². The smallest absolute Gasteiger partial charge is 0.0791 e. The van der Waals surface area contributed by atoms with Crippen LogP contribution in [0.2, 0.25) is 0 Å². The second kappa shape index (κ2) is 8.87. The van der Waals surface area contributed by atoms with Gasteiger partial charge < -0.3 is 19.9 Å². The molecular formula is C14H28N2O3. The van der Waals surface area contributed by atoms with E-state index in [9.17, 15) is 5.11 Å². The summed E-state index contributed by atoms with van der Waals surface area (Å²) in [5, 5.41) is 13.2. The van der Waals surface area contributed by atoms with Crippen LogP contribution >= 0.6 is 0 Å². The van der Waals surface area contributed by atoms with E-state index >= 15 is 0 Å². The fourth-order valence-corrected chi connectivity index (χ4v) is 2.77. The number of morpholine rings is 1. The zero-order chi connectivity index (χ0) is 13.3. The average molecular weight is 272 g/mol. The van der Waals surface area contributed by atoms with Gasteiger partial charge in [-0.2, -0.15) is 0 Å². The van der Waals surface area contributed by atoms with E-state index in [1.165, 1.54) is 25.7 Å². The number of nitrogens with zero attached hydrogens (tertiary/aromatic N) is 1. The van der Waals surface area contributed by atoms with E-state index in [-0.39, 0.29) is 6.10 Å². The maximum absolute atomic E-state index is 9.93. The summed E-state index contributed by atoms with van der Waals surface area (Å²) in [6, 6.07) is 0. The van der Waals surface area contributed by atoms with Crippen molar-refractivity contribution in [1.82, 2.24) is 10.2 Å². The molecule has 2 fully saturated rings. The summed E-state index contributed by atoms with van der Waals surface area (Å²) in [6.45, 7) is 6.41. The maximum atomic E-state index is 9.93. The van der Waals surface area contributed by atoms with E-state index in [1.54, 1.807) is 0 Å². The van der Waals surface area contributed by atoms with Crippen molar-refractivity contribution < 1.29 is 14.6 Å². The number of aliphatic hydroxyl groups is 1. The lowest BCUT2D eigenvalue weighted by Crippen LogP contribution is -2.44. The molecule has 2 aliphatic rings. The molecule has 1 saturated heterocycles. The van der Waals surface area contributed by atoms with Gasteiger partial charge in [-0.25, -0.2) is 0 Å². The molecule has 0 spiro atoms. The molecule has 0 aromatic heterocycles. The Balaban J connectivity index is 1.43. The van der Waals surface area contributed by atoms with Crippen molar-refractivity contribution in [3.63, 3.8) is 0 Å². The Bertz CT molecular complexity index is 229. The summed E-state index contributed by atoms with van der Waals surface area (Å²) in [5.41, 5.74) is 0. The quantitative estimate of drug-likeness (QED) is 0.620. The van der Waals surface area contributed by atoms with Crippen LogP contribution in [0.1, 0.15) is 25.7 Å². The molecule has 2 N–H and O–H groups in total. The van der Waals surface area contributed by atoms with Crippen LogP contribution in [0.3, 0.4) is 0 Å². The van der Waals surface area contributed by atoms with Crippen LogP contribution in [0.15, 0.2) is 0 Å². The molecule has 19 heavy (non-hydrogen) atoms. The topological polar surface area (TPSA) is 54.0 Å². The van der Waals surface area contributed by atoms with Gasteiger partial charge in [0.15, 0.2) is 0 Å². The van der Waals surface area contributed by atoms with Crippen LogP contribution in [0.4, 0.5) is 0 Å². The average Bonchev–Trinajstić information content (AvgIpc) is 2.92. The zero-order valence-electron chi connectivity index (χ0n) is 11.9. The van der Waals surface area contributed by atoms with Crippen molar-refractivity contribution >= 4 is 0 Å². The number of hydrogen-bond donors (Lipinski definition) is 2. The normalized spacial score (nSPS) is 23.8. The lowest BCUT2D eigenvalue weighted by Gasteiger charge is -2.28. The Kier molecular flexibility index (Phi) is 7.09. The molecule has 5 heteroatoms. The number of ether oxygens (including phenoxy) is 2. The van der Waals surface area contributed by atoms with E-state index < -0.39 is 0 Å². The molecule has 1 atom stereocenters. The van der Waals surface area contributed by atoms with Crippen molar-refractivity contribution in [2.45, 2.75) is 37.9 Å². The minimum atomic E-state index is -0.301. The molecule has 5 nitrogen and oxygen atoms in total. The largest absolute Gasteiger partial charge is 0.390 e. The van der Waals surface area contributed by atoms with Crippen LogP contribution in [0.5, 0.6) is 0 Å². The molecule has 1 aliphatic carbocycles. The highest BCUT2D eigenvalue weighted by molar-refractivity contribution is 4.70. The van der Waals surface area contributed by atoms with Gasteiger partial charge in [0.25, 0.3) is 0 Å². The van der Waals surface area contributed by atoms with Gasteiger partial charge in [-0.05, 0) is 12.8 Å². The molecule has 1 heterocycles. The molecule has 1 saturated carbocycles. The molecule has 2 rings (SSSR count). The van der Waals surface area contributed by atoms with Crippen LogP contribution in [0, 0.1) is 0 Å². The highest BCUT2D eigenvalue weighted by atomic mass is 16.5. The van der Waals surface area contributed by atoms with Gasteiger partial charge in [-0.15, -0.1) is 0 Å². The van der Waals surface area contributed by atoms with E-state index in [0.717, 1.165) is 46.0 Å². The first kappa shape index (κ1) is 15.2. The molecule has 1 aliphatic heterocycles. The monoisotopic (exact) mass is 272 g/mol. The standard InChI is InChI=1S/C14H28N2O3/c17-13(12-16-6-9-18-10-7-16)11-15-5-8-19-14-3-1-2-4-14/h13-15,17H,1-12H2. The summed E-state index contributed by atoms with van der Waals surface area (Å²) in [4.78, 5) is 2.25. The minimum absolute atomic E-state index is 0.301. The van der Waals surface area contributed by atoms with E-state index in [2.05, 4.69) is 10.2 Å². The molecule has 0 aromatic carbocycles. The highest BCUT2D eigenvalue weighted by Gasteiger charge is 2.16. The summed E-state index contributed by atoms with van der Waals surface area (Å²) < 4.78 is 11.1. The first-order valence-corrected chi connectivity index (χ1v) is 7.65. The van der Waals surface area contributed by atoms with Gasteiger partial charge >= 0.3 is 0 Å². The van der Waals surface area contributed by atoms with Crippen LogP contribution in [-0.2, 0) is 9.47 Å². The lowest BCUT2D eigenvalue weighted by atomic mass is 10.3. The number of nitrogens with one attached hydrogen (secondary N) is 1. The third-order valence-electron chi connectivity index (χ3n) is 3.89. The molecule has 0 radical (unpaired) electrons. The Morgan fingerprint density at radius 2 is 2.00 bits per heavy atom. The third-order valence-corrected chi connectivity index (χ3v) is 3.89. The number of hydrogen-bond acceptors (Lipinski definition) is 5. The first-order chi connectivity index (χ1) is 9.34. The van der Waals surface area contributed by atoms with Crippen molar-refractivity contribution in [2.75, 3.05) is 52.5 Å². The summed E-state index contributed by atoms with van der Waals surface area (Å²) >= 11 is 0. The van der Waals surface area contributed by atoms with Gasteiger partial charge in [0.2, 0.25) is 0 Å². The summed E-state index contributed by atoms with van der Waals surface area (Å²) in [5.74, 6) is 0. The Hall–Kier alpha value is -0.200. The Morgan fingerprint density at radius 3 is 2.74 bits per heavy atom. The van der Waals surface area contributed by atoms with Gasteiger partial charge in [-0.3, -0.25) is 4.90 Å². The van der Waals surface area contributed by atoms with Gasteiger partial charge in [-0.1, -0.05) is 12.8 Å². The maximum Gasteiger partial charge on any atom is 0.0791 e. The first-order valence-electron chi connectivity index (χ1n) is 7.65. The Labute approximate surface area is 116 Å². The van der Waals surface area contributed by atoms with Crippen molar-refractivity contribution in [3.8, 4) is 0 Å². The van der Waals surface area contributed by atoms with Crippen LogP contribution in [-0.4, -0.2) is 74.8 Å². The summed E-state index contributed by atoms with van der Waals surface area (Å²) in [6.07, 6.45) is 5.26. The number of rotatable bonds is 8. The molecule has 112 valence electrons. The molecule has 0 bridgehead atoms. The second-order valence-electron chi connectivity index (χ2n) is 5.55. The SMILES string of the molecule is OC(CNCCOC1CCCC1)CN1CCOCC1. The fraction of sp³-hybridized carbons (Fsp3) is 1.00. The molecule has 1 unspecified atom stereocenters. The van der Waals surface area contributed by atoms with Gasteiger partial charge in [0.1, 0.15) is 0 Å². The lowest BCUT2D eigenvalue weighted by molar-refractivity contribution is 0.0140. The van der Waals surface area contributed by atoms with E-state index in [4.69, 9.17) is 9.47 Å². The summed E-state index contributed by atoms with van der Waals surface area (Å²) in [7, 11) is 0. The van der Waals surface area contributed by atoms with Crippen molar-refractivity contribution in [2.24, 2.45) is 0 Å². The second-order valence-corrected chi connectivity index (χ2v) is 5.55. The van der Waals surface area contributed by atoms with Crippen molar-refractivity contribution in [1.29, 1.82) is 0 Å². The Morgan fingerprint density at radius 1 is 1.26 bits per heavy atom. The van der Waals surface area contributed by atoms with Gasteiger partial charge in [0, 0.05) is 32.7 Å². The number of β-amino-alcohol motifs (C(OH)–C–C–N with tert-alkyl or cyclic N) is 1. The minimum Gasteiger partial charge on any atom is -0.390 e. The number of aliphatic hydroxyl groups excluding tert-OH is 1. The third kappa shape index (κ3) is 6.19. The predicted octanol–water partition coefficient (Wildman–Crippen LogP) is 0.228. The highest BCUT2D eigenvalue weighted by Crippen LogP contribution is 2.20. The molecular weight excluding hydrogens is 244 g/mol. The van der Waals surface area contributed by atoms with Crippen LogP contribution < -0.4 is 5.32 Å². The van der Waals surface area contributed by atoms with E-state index in [1.807, 2.05) is 0 Å². The predicted molar refractivity (Wildman–Crippen MR) is 74.3 cm³/mol. The molecule has 0 amide bonds.